The van der Waals surface area contributed by atoms with Crippen molar-refractivity contribution in [2.75, 3.05) is 13.1 Å². The standard InChI is InChI=1S/C27H38NO3P/c1-26(2,3)22-7-10-23(11-8-22)31-24-9-6-20-16-19(4-5-21(20)17-24)18-28-14-12-27(32,13-15-28)25(29)30/h4-6,9,16-17,22-23H,7-8,10-15,18,32H2,1-3H3,(H,29,30)/t22-,23-. The zero-order valence-corrected chi connectivity index (χ0v) is 20.9. The fourth-order valence-corrected chi connectivity index (χ4v) is 5.52. The molecule has 1 atom stereocenters. The number of hydrogen-bond donors (Lipinski definition) is 1. The van der Waals surface area contributed by atoms with Gasteiger partial charge in [-0.1, -0.05) is 39.0 Å². The minimum Gasteiger partial charge on any atom is -0.490 e. The lowest BCUT2D eigenvalue weighted by Crippen LogP contribution is -2.44. The Kier molecular flexibility index (Phi) is 6.84. The summed E-state index contributed by atoms with van der Waals surface area (Å²) in [5.41, 5.74) is 1.67. The average Bonchev–Trinajstić information content (AvgIpc) is 2.75. The van der Waals surface area contributed by atoms with Crippen LogP contribution in [0.25, 0.3) is 10.8 Å². The Balaban J connectivity index is 1.34. The Hall–Kier alpha value is -1.64. The second-order valence-electron chi connectivity index (χ2n) is 11.0. The Bertz CT molecular complexity index is 951. The molecule has 1 saturated heterocycles. The van der Waals surface area contributed by atoms with Crippen LogP contribution in [0.15, 0.2) is 36.4 Å². The Morgan fingerprint density at radius 3 is 2.31 bits per heavy atom. The lowest BCUT2D eigenvalue weighted by molar-refractivity contribution is -0.141. The zero-order chi connectivity index (χ0) is 22.9. The number of fused-ring (bicyclic) bond motifs is 1. The van der Waals surface area contributed by atoms with E-state index in [-0.39, 0.29) is 0 Å². The van der Waals surface area contributed by atoms with Crippen LogP contribution in [-0.2, 0) is 11.3 Å². The number of benzene rings is 2. The summed E-state index contributed by atoms with van der Waals surface area (Å²) in [5.74, 6) is 1.08. The van der Waals surface area contributed by atoms with Gasteiger partial charge in [0.15, 0.2) is 0 Å². The molecule has 174 valence electrons. The number of nitrogens with zero attached hydrogens (tertiary/aromatic N) is 1. The summed E-state index contributed by atoms with van der Waals surface area (Å²) in [7, 11) is 2.56. The van der Waals surface area contributed by atoms with Crippen LogP contribution < -0.4 is 4.74 Å². The van der Waals surface area contributed by atoms with Gasteiger partial charge >= 0.3 is 5.97 Å². The lowest BCUT2D eigenvalue weighted by Gasteiger charge is -2.37. The quantitative estimate of drug-likeness (QED) is 0.552. The Morgan fingerprint density at radius 2 is 1.69 bits per heavy atom. The van der Waals surface area contributed by atoms with Crippen molar-refractivity contribution in [2.24, 2.45) is 11.3 Å². The molecule has 0 bridgehead atoms. The van der Waals surface area contributed by atoms with Gasteiger partial charge in [0.25, 0.3) is 0 Å². The number of ether oxygens (including phenoxy) is 1. The second-order valence-corrected chi connectivity index (χ2v) is 12.1. The minimum absolute atomic E-state index is 0.332. The highest BCUT2D eigenvalue weighted by atomic mass is 31.0. The van der Waals surface area contributed by atoms with E-state index in [1.165, 1.54) is 29.2 Å². The SMILES string of the molecule is CC(C)(C)[C@H]1CC[C@H](Oc2ccc3cc(CN4CCC(P)(C(=O)O)CC4)ccc3c2)CC1. The van der Waals surface area contributed by atoms with Crippen LogP contribution in [0, 0.1) is 11.3 Å². The van der Waals surface area contributed by atoms with Crippen LogP contribution in [0.4, 0.5) is 0 Å². The third-order valence-corrected chi connectivity index (χ3v) is 8.48. The molecule has 32 heavy (non-hydrogen) atoms. The molecule has 4 rings (SSSR count). The van der Waals surface area contributed by atoms with E-state index in [1.807, 2.05) is 0 Å². The third kappa shape index (κ3) is 5.46. The van der Waals surface area contributed by atoms with E-state index in [4.69, 9.17) is 4.74 Å². The molecule has 1 heterocycles. The molecule has 5 heteroatoms. The minimum atomic E-state index is -0.701. The van der Waals surface area contributed by atoms with Crippen molar-refractivity contribution in [1.82, 2.24) is 4.90 Å². The number of aliphatic carboxylic acids is 1. The zero-order valence-electron chi connectivity index (χ0n) is 19.8. The fourth-order valence-electron chi connectivity index (χ4n) is 5.27. The van der Waals surface area contributed by atoms with Crippen molar-refractivity contribution in [3.63, 3.8) is 0 Å². The van der Waals surface area contributed by atoms with Gasteiger partial charge in [-0.15, -0.1) is 9.24 Å². The molecular formula is C27H38NO3P. The molecule has 2 aromatic carbocycles. The largest absolute Gasteiger partial charge is 0.490 e. The summed E-state index contributed by atoms with van der Waals surface area (Å²) < 4.78 is 6.36. The molecule has 1 aliphatic carbocycles. The maximum atomic E-state index is 11.4. The second kappa shape index (κ2) is 9.31. The van der Waals surface area contributed by atoms with E-state index in [0.29, 0.717) is 24.4 Å². The van der Waals surface area contributed by atoms with Gasteiger partial charge in [-0.25, -0.2) is 0 Å². The normalized spacial score (nSPS) is 24.4. The van der Waals surface area contributed by atoms with Gasteiger partial charge in [-0.2, -0.15) is 0 Å². The van der Waals surface area contributed by atoms with E-state index in [0.717, 1.165) is 44.1 Å². The lowest BCUT2D eigenvalue weighted by atomic mass is 9.72. The van der Waals surface area contributed by atoms with Gasteiger partial charge in [0.2, 0.25) is 0 Å². The summed E-state index contributed by atoms with van der Waals surface area (Å²) in [4.78, 5) is 13.8. The van der Waals surface area contributed by atoms with E-state index in [9.17, 15) is 9.90 Å². The van der Waals surface area contributed by atoms with Crippen LogP contribution in [0.3, 0.4) is 0 Å². The van der Waals surface area contributed by atoms with Crippen molar-refractivity contribution in [3.05, 3.63) is 42.0 Å². The first-order valence-electron chi connectivity index (χ1n) is 12.1. The molecule has 1 N–H and O–H groups in total. The van der Waals surface area contributed by atoms with Crippen LogP contribution >= 0.6 is 9.24 Å². The molecule has 2 aromatic rings. The maximum Gasteiger partial charge on any atom is 0.313 e. The Morgan fingerprint density at radius 1 is 1.06 bits per heavy atom. The van der Waals surface area contributed by atoms with E-state index in [2.05, 4.69) is 71.3 Å². The Labute approximate surface area is 194 Å². The topological polar surface area (TPSA) is 49.8 Å². The highest BCUT2D eigenvalue weighted by Crippen LogP contribution is 2.39. The van der Waals surface area contributed by atoms with Gasteiger partial charge in [0, 0.05) is 6.54 Å². The summed E-state index contributed by atoms with van der Waals surface area (Å²) in [6, 6.07) is 13.1. The molecule has 0 amide bonds. The molecule has 1 saturated carbocycles. The van der Waals surface area contributed by atoms with Crippen molar-refractivity contribution in [1.29, 1.82) is 0 Å². The smallest absolute Gasteiger partial charge is 0.313 e. The molecule has 0 spiro atoms. The van der Waals surface area contributed by atoms with Crippen molar-refractivity contribution in [2.45, 2.75) is 77.1 Å². The summed E-state index contributed by atoms with van der Waals surface area (Å²) in [6.07, 6.45) is 6.50. The number of rotatable bonds is 5. The van der Waals surface area contributed by atoms with Crippen LogP contribution in [-0.4, -0.2) is 40.3 Å². The number of carbonyl (C=O) groups is 1. The number of piperidine rings is 1. The van der Waals surface area contributed by atoms with Gasteiger partial charge in [0.1, 0.15) is 5.75 Å². The van der Waals surface area contributed by atoms with Crippen LogP contribution in [0.5, 0.6) is 5.75 Å². The van der Waals surface area contributed by atoms with Crippen molar-refractivity contribution < 1.29 is 14.6 Å². The molecule has 1 unspecified atom stereocenters. The summed E-state index contributed by atoms with van der Waals surface area (Å²) >= 11 is 0. The van der Waals surface area contributed by atoms with Crippen molar-refractivity contribution >= 4 is 26.0 Å². The van der Waals surface area contributed by atoms with E-state index >= 15 is 0 Å². The van der Waals surface area contributed by atoms with E-state index in [1.54, 1.807) is 0 Å². The first kappa shape index (κ1) is 23.5. The predicted molar refractivity (Wildman–Crippen MR) is 134 cm³/mol. The number of carboxylic acid groups (broad SMARTS) is 1. The van der Waals surface area contributed by atoms with Crippen molar-refractivity contribution in [3.8, 4) is 5.75 Å². The average molecular weight is 456 g/mol. The van der Waals surface area contributed by atoms with Crippen LogP contribution in [0.2, 0.25) is 0 Å². The molecule has 0 radical (unpaired) electrons. The fraction of sp³-hybridized carbons (Fsp3) is 0.593. The molecule has 4 nitrogen and oxygen atoms in total. The first-order chi connectivity index (χ1) is 15.1. The number of likely N-dealkylation sites (tertiary alicyclic amines) is 1. The first-order valence-corrected chi connectivity index (χ1v) is 12.6. The molecule has 1 aliphatic heterocycles. The van der Waals surface area contributed by atoms with Gasteiger partial charge < -0.3 is 9.84 Å². The van der Waals surface area contributed by atoms with Crippen LogP contribution in [0.1, 0.15) is 64.9 Å². The number of carboxylic acids is 1. The molecule has 2 aliphatic rings. The van der Waals surface area contributed by atoms with Gasteiger partial charge in [-0.05, 0) is 97.5 Å². The maximum absolute atomic E-state index is 11.4. The summed E-state index contributed by atoms with van der Waals surface area (Å²) in [6.45, 7) is 9.57. The van der Waals surface area contributed by atoms with E-state index < -0.39 is 11.1 Å². The molecular weight excluding hydrogens is 417 g/mol. The molecule has 2 fully saturated rings. The number of hydrogen-bond acceptors (Lipinski definition) is 3. The monoisotopic (exact) mass is 455 g/mol. The summed E-state index contributed by atoms with van der Waals surface area (Å²) in [5, 5.41) is 11.2. The molecule has 0 aromatic heterocycles. The highest BCUT2D eigenvalue weighted by Gasteiger charge is 2.37. The highest BCUT2D eigenvalue weighted by molar-refractivity contribution is 7.21. The van der Waals surface area contributed by atoms with Gasteiger partial charge in [0.05, 0.1) is 11.3 Å². The third-order valence-electron chi connectivity index (χ3n) is 7.66. The van der Waals surface area contributed by atoms with Gasteiger partial charge in [-0.3, -0.25) is 9.69 Å². The predicted octanol–water partition coefficient (Wildman–Crippen LogP) is 6.12.